The molecule has 2 heterocycles. The van der Waals surface area contributed by atoms with Crippen molar-refractivity contribution in [1.29, 1.82) is 0 Å². The van der Waals surface area contributed by atoms with Crippen molar-refractivity contribution in [2.24, 2.45) is 17.9 Å². The third kappa shape index (κ3) is 2.65. The molecule has 19 heavy (non-hydrogen) atoms. The van der Waals surface area contributed by atoms with E-state index in [1.54, 1.807) is 24.1 Å². The van der Waals surface area contributed by atoms with E-state index < -0.39 is 0 Å². The Balaban J connectivity index is 2.48. The van der Waals surface area contributed by atoms with Gasteiger partial charge in [0.15, 0.2) is 11.6 Å². The van der Waals surface area contributed by atoms with Gasteiger partial charge in [0.05, 0.1) is 18.0 Å². The van der Waals surface area contributed by atoms with E-state index >= 15 is 0 Å². The van der Waals surface area contributed by atoms with Crippen LogP contribution in [0.15, 0.2) is 23.6 Å². The van der Waals surface area contributed by atoms with Crippen molar-refractivity contribution in [2.45, 2.75) is 13.8 Å². The monoisotopic (exact) mass is 261 g/mol. The zero-order valence-corrected chi connectivity index (χ0v) is 11.0. The van der Waals surface area contributed by atoms with E-state index in [4.69, 9.17) is 15.7 Å². The highest BCUT2D eigenvalue weighted by molar-refractivity contribution is 6.00. The summed E-state index contributed by atoms with van der Waals surface area (Å²) in [4.78, 5) is 4.28. The number of aromatic nitrogens is 3. The molecule has 2 aromatic heterocycles. The van der Waals surface area contributed by atoms with Gasteiger partial charge in [-0.3, -0.25) is 4.68 Å². The molecule has 0 aliphatic rings. The van der Waals surface area contributed by atoms with Crippen molar-refractivity contribution in [3.63, 3.8) is 0 Å². The molecule has 0 saturated carbocycles. The second kappa shape index (κ2) is 4.97. The number of pyridine rings is 1. The zero-order valence-electron chi connectivity index (χ0n) is 11.0. The molecule has 3 N–H and O–H groups in total. The molecule has 7 heteroatoms. The molecule has 0 atom stereocenters. The molecule has 0 aliphatic heterocycles. The first-order valence-electron chi connectivity index (χ1n) is 5.64. The summed E-state index contributed by atoms with van der Waals surface area (Å²) in [5, 5.41) is 15.9. The fraction of sp³-hybridized carbons (Fsp3) is 0.250. The molecule has 0 aromatic carbocycles. The number of nitrogens with two attached hydrogens (primary N) is 1. The van der Waals surface area contributed by atoms with Gasteiger partial charge in [0.1, 0.15) is 0 Å². The molecule has 0 unspecified atom stereocenters. The molecule has 0 amide bonds. The zero-order chi connectivity index (χ0) is 14.0. The van der Waals surface area contributed by atoms with Crippen LogP contribution in [0.3, 0.4) is 0 Å². The normalized spacial score (nSPS) is 11.6. The molecule has 0 radical (unpaired) electrons. The summed E-state index contributed by atoms with van der Waals surface area (Å²) in [5.41, 5.74) is 7.74. The quantitative estimate of drug-likeness (QED) is 0.376. The molecule has 2 aromatic rings. The van der Waals surface area contributed by atoms with E-state index in [1.807, 2.05) is 19.9 Å². The van der Waals surface area contributed by atoms with E-state index in [0.29, 0.717) is 17.2 Å². The summed E-state index contributed by atoms with van der Waals surface area (Å²) < 4.78 is 7.26. The smallest absolute Gasteiger partial charge is 0.231 e. The second-order valence-electron chi connectivity index (χ2n) is 4.20. The first-order chi connectivity index (χ1) is 9.01. The van der Waals surface area contributed by atoms with Crippen LogP contribution in [0.4, 0.5) is 0 Å². The first kappa shape index (κ1) is 12.9. The highest BCUT2D eigenvalue weighted by atomic mass is 16.5. The minimum Gasteiger partial charge on any atom is -0.435 e. The van der Waals surface area contributed by atoms with Gasteiger partial charge >= 0.3 is 0 Å². The van der Waals surface area contributed by atoms with Gasteiger partial charge < -0.3 is 15.7 Å². The topological polar surface area (TPSA) is 98.5 Å². The first-order valence-corrected chi connectivity index (χ1v) is 5.64. The summed E-state index contributed by atoms with van der Waals surface area (Å²) >= 11 is 0. The number of rotatable bonds is 3. The van der Waals surface area contributed by atoms with Crippen LogP contribution < -0.4 is 10.5 Å². The summed E-state index contributed by atoms with van der Waals surface area (Å²) in [6.45, 7) is 3.69. The molecule has 0 bridgehead atoms. The average molecular weight is 261 g/mol. The van der Waals surface area contributed by atoms with Crippen molar-refractivity contribution < 1.29 is 9.94 Å². The molecule has 2 rings (SSSR count). The minimum absolute atomic E-state index is 0.0381. The molecule has 7 nitrogen and oxygen atoms in total. The Hall–Kier alpha value is -2.57. The van der Waals surface area contributed by atoms with E-state index in [1.165, 1.54) is 0 Å². The highest BCUT2D eigenvalue weighted by Gasteiger charge is 2.15. The van der Waals surface area contributed by atoms with Crippen LogP contribution >= 0.6 is 0 Å². The molecule has 0 saturated heterocycles. The standard InChI is InChI=1S/C12H15N5O2/c1-7-4-8(2)15-12(10(7)11(13)16-18)19-9-5-14-17(3)6-9/h4-6,18H,1-3H3,(H2,13,16). The maximum atomic E-state index is 8.84. The van der Waals surface area contributed by atoms with E-state index in [9.17, 15) is 0 Å². The number of hydrogen-bond acceptors (Lipinski definition) is 5. The summed E-state index contributed by atoms with van der Waals surface area (Å²) in [7, 11) is 1.78. The fourth-order valence-electron chi connectivity index (χ4n) is 1.80. The predicted octanol–water partition coefficient (Wildman–Crippen LogP) is 1.32. The average Bonchev–Trinajstić information content (AvgIpc) is 2.73. The Labute approximate surface area is 110 Å². The van der Waals surface area contributed by atoms with Crippen molar-refractivity contribution in [3.8, 4) is 11.6 Å². The van der Waals surface area contributed by atoms with Gasteiger partial charge in [0.25, 0.3) is 0 Å². The highest BCUT2D eigenvalue weighted by Crippen LogP contribution is 2.25. The van der Waals surface area contributed by atoms with Crippen LogP contribution in [-0.4, -0.2) is 25.8 Å². The Bertz CT molecular complexity index is 633. The third-order valence-electron chi connectivity index (χ3n) is 2.57. The van der Waals surface area contributed by atoms with Gasteiger partial charge in [0.2, 0.25) is 5.88 Å². The lowest BCUT2D eigenvalue weighted by atomic mass is 10.1. The van der Waals surface area contributed by atoms with Crippen LogP contribution in [0.2, 0.25) is 0 Å². The molecule has 0 spiro atoms. The number of nitrogens with zero attached hydrogens (tertiary/aromatic N) is 4. The molecule has 0 aliphatic carbocycles. The van der Waals surface area contributed by atoms with Gasteiger partial charge in [-0.25, -0.2) is 4.98 Å². The number of ether oxygens (including phenoxy) is 1. The van der Waals surface area contributed by atoms with Crippen LogP contribution in [-0.2, 0) is 7.05 Å². The van der Waals surface area contributed by atoms with Crippen LogP contribution in [0.1, 0.15) is 16.8 Å². The number of amidine groups is 1. The number of oxime groups is 1. The molecule has 0 fully saturated rings. The maximum Gasteiger partial charge on any atom is 0.231 e. The maximum absolute atomic E-state index is 8.84. The lowest BCUT2D eigenvalue weighted by Crippen LogP contribution is -2.17. The van der Waals surface area contributed by atoms with Gasteiger partial charge in [-0.2, -0.15) is 5.10 Å². The van der Waals surface area contributed by atoms with Crippen molar-refractivity contribution in [2.75, 3.05) is 0 Å². The van der Waals surface area contributed by atoms with Crippen molar-refractivity contribution >= 4 is 5.84 Å². The largest absolute Gasteiger partial charge is 0.435 e. The lowest BCUT2D eigenvalue weighted by Gasteiger charge is -2.11. The van der Waals surface area contributed by atoms with E-state index in [0.717, 1.165) is 11.3 Å². The predicted molar refractivity (Wildman–Crippen MR) is 69.5 cm³/mol. The van der Waals surface area contributed by atoms with Crippen LogP contribution in [0.25, 0.3) is 0 Å². The third-order valence-corrected chi connectivity index (χ3v) is 2.57. The van der Waals surface area contributed by atoms with Gasteiger partial charge in [-0.15, -0.1) is 0 Å². The Morgan fingerprint density at radius 3 is 2.79 bits per heavy atom. The Morgan fingerprint density at radius 1 is 1.47 bits per heavy atom. The summed E-state index contributed by atoms with van der Waals surface area (Å²) in [6.07, 6.45) is 3.27. The second-order valence-corrected chi connectivity index (χ2v) is 4.20. The molecular weight excluding hydrogens is 246 g/mol. The minimum atomic E-state index is -0.0381. The van der Waals surface area contributed by atoms with E-state index in [2.05, 4.69) is 15.2 Å². The van der Waals surface area contributed by atoms with Gasteiger partial charge in [-0.05, 0) is 25.5 Å². The SMILES string of the molecule is Cc1cc(C)c(/C(N)=N/O)c(Oc2cnn(C)c2)n1. The Kier molecular flexibility index (Phi) is 3.37. The van der Waals surface area contributed by atoms with E-state index in [-0.39, 0.29) is 5.84 Å². The summed E-state index contributed by atoms with van der Waals surface area (Å²) in [5.74, 6) is 0.789. The Morgan fingerprint density at radius 2 is 2.21 bits per heavy atom. The summed E-state index contributed by atoms with van der Waals surface area (Å²) in [6, 6.07) is 1.84. The fourth-order valence-corrected chi connectivity index (χ4v) is 1.80. The van der Waals surface area contributed by atoms with Crippen LogP contribution in [0, 0.1) is 13.8 Å². The van der Waals surface area contributed by atoms with Crippen molar-refractivity contribution in [3.05, 3.63) is 35.3 Å². The van der Waals surface area contributed by atoms with Crippen LogP contribution in [0.5, 0.6) is 11.6 Å². The molecular formula is C12H15N5O2. The van der Waals surface area contributed by atoms with Gasteiger partial charge in [0, 0.05) is 12.7 Å². The molecule has 100 valence electrons. The number of aryl methyl sites for hydroxylation is 3. The van der Waals surface area contributed by atoms with Gasteiger partial charge in [-0.1, -0.05) is 5.16 Å². The van der Waals surface area contributed by atoms with Crippen molar-refractivity contribution in [1.82, 2.24) is 14.8 Å². The number of hydrogen-bond donors (Lipinski definition) is 2. The lowest BCUT2D eigenvalue weighted by molar-refractivity contribution is 0.318.